The molecule has 1 saturated heterocycles. The Balaban J connectivity index is 1.93. The maximum absolute atomic E-state index is 8.99. The van der Waals surface area contributed by atoms with Crippen LogP contribution in [0.1, 0.15) is 25.3 Å². The SMILES string of the molecule is CCc1cnc(N)nc1N(C)CC1CCN(CCO)CC1. The van der Waals surface area contributed by atoms with E-state index in [1.165, 1.54) is 12.8 Å². The maximum atomic E-state index is 8.99. The van der Waals surface area contributed by atoms with Gasteiger partial charge in [-0.15, -0.1) is 0 Å². The molecule has 1 aliphatic heterocycles. The molecule has 21 heavy (non-hydrogen) atoms. The van der Waals surface area contributed by atoms with E-state index in [2.05, 4.69) is 33.7 Å². The fourth-order valence-electron chi connectivity index (χ4n) is 3.00. The van der Waals surface area contributed by atoms with Crippen molar-refractivity contribution in [1.29, 1.82) is 0 Å². The highest BCUT2D eigenvalue weighted by molar-refractivity contribution is 5.48. The van der Waals surface area contributed by atoms with Crippen molar-refractivity contribution in [3.8, 4) is 0 Å². The average molecular weight is 293 g/mol. The molecule has 6 heteroatoms. The number of aryl methyl sites for hydroxylation is 1. The van der Waals surface area contributed by atoms with Gasteiger partial charge in [-0.1, -0.05) is 6.92 Å². The molecule has 2 heterocycles. The van der Waals surface area contributed by atoms with E-state index in [4.69, 9.17) is 10.8 Å². The van der Waals surface area contributed by atoms with Crippen LogP contribution >= 0.6 is 0 Å². The van der Waals surface area contributed by atoms with Crippen LogP contribution < -0.4 is 10.6 Å². The number of aliphatic hydroxyl groups is 1. The molecule has 0 unspecified atom stereocenters. The van der Waals surface area contributed by atoms with Gasteiger partial charge in [0.25, 0.3) is 0 Å². The number of nitrogens with zero attached hydrogens (tertiary/aromatic N) is 4. The van der Waals surface area contributed by atoms with Crippen LogP contribution in [0.25, 0.3) is 0 Å². The van der Waals surface area contributed by atoms with Gasteiger partial charge in [-0.05, 0) is 38.3 Å². The summed E-state index contributed by atoms with van der Waals surface area (Å²) in [7, 11) is 2.08. The number of hydrogen-bond donors (Lipinski definition) is 2. The third-order valence-electron chi connectivity index (χ3n) is 4.26. The lowest BCUT2D eigenvalue weighted by Gasteiger charge is -2.34. The molecular formula is C15H27N5O. The van der Waals surface area contributed by atoms with Gasteiger partial charge in [0.15, 0.2) is 0 Å². The van der Waals surface area contributed by atoms with Gasteiger partial charge in [0.2, 0.25) is 5.95 Å². The Morgan fingerprint density at radius 2 is 2.14 bits per heavy atom. The number of likely N-dealkylation sites (tertiary alicyclic amines) is 1. The van der Waals surface area contributed by atoms with E-state index in [1.807, 2.05) is 6.20 Å². The van der Waals surface area contributed by atoms with Crippen LogP contribution in [0.2, 0.25) is 0 Å². The van der Waals surface area contributed by atoms with Crippen LogP contribution in [0.5, 0.6) is 0 Å². The summed E-state index contributed by atoms with van der Waals surface area (Å²) in [5, 5.41) is 8.99. The van der Waals surface area contributed by atoms with E-state index < -0.39 is 0 Å². The van der Waals surface area contributed by atoms with Crippen molar-refractivity contribution in [3.05, 3.63) is 11.8 Å². The van der Waals surface area contributed by atoms with Crippen molar-refractivity contribution >= 4 is 11.8 Å². The fraction of sp³-hybridized carbons (Fsp3) is 0.733. The summed E-state index contributed by atoms with van der Waals surface area (Å²) in [6, 6.07) is 0. The molecule has 0 aliphatic carbocycles. The standard InChI is InChI=1S/C15H27N5O/c1-3-13-10-17-15(16)18-14(13)19(2)11-12-4-6-20(7-5-12)8-9-21/h10,12,21H,3-9,11H2,1-2H3,(H2,16,17,18). The lowest BCUT2D eigenvalue weighted by molar-refractivity contribution is 0.149. The predicted molar refractivity (Wildman–Crippen MR) is 85.3 cm³/mol. The minimum atomic E-state index is 0.255. The van der Waals surface area contributed by atoms with Crippen LogP contribution in [0.4, 0.5) is 11.8 Å². The zero-order valence-corrected chi connectivity index (χ0v) is 13.1. The summed E-state index contributed by atoms with van der Waals surface area (Å²) in [5.74, 6) is 1.97. The van der Waals surface area contributed by atoms with Crippen LogP contribution in [-0.2, 0) is 6.42 Å². The van der Waals surface area contributed by atoms with Gasteiger partial charge in [0, 0.05) is 31.9 Å². The number of hydrogen-bond acceptors (Lipinski definition) is 6. The van der Waals surface area contributed by atoms with Crippen LogP contribution in [-0.4, -0.2) is 59.8 Å². The third-order valence-corrected chi connectivity index (χ3v) is 4.26. The third kappa shape index (κ3) is 4.28. The molecule has 0 atom stereocenters. The first kappa shape index (κ1) is 16.0. The highest BCUT2D eigenvalue weighted by Gasteiger charge is 2.21. The average Bonchev–Trinajstić information content (AvgIpc) is 2.49. The van der Waals surface area contributed by atoms with Crippen molar-refractivity contribution in [3.63, 3.8) is 0 Å². The number of nitrogens with two attached hydrogens (primary N) is 1. The first-order valence-corrected chi connectivity index (χ1v) is 7.79. The molecule has 0 saturated carbocycles. The highest BCUT2D eigenvalue weighted by Crippen LogP contribution is 2.22. The van der Waals surface area contributed by atoms with E-state index in [9.17, 15) is 0 Å². The lowest BCUT2D eigenvalue weighted by Crippen LogP contribution is -2.39. The molecule has 1 fully saturated rings. The summed E-state index contributed by atoms with van der Waals surface area (Å²) in [6.07, 6.45) is 5.09. The van der Waals surface area contributed by atoms with Gasteiger partial charge in [-0.3, -0.25) is 0 Å². The fourth-order valence-corrected chi connectivity index (χ4v) is 3.00. The van der Waals surface area contributed by atoms with E-state index in [0.29, 0.717) is 11.9 Å². The zero-order chi connectivity index (χ0) is 15.2. The molecule has 1 aromatic heterocycles. The smallest absolute Gasteiger partial charge is 0.221 e. The van der Waals surface area contributed by atoms with Crippen molar-refractivity contribution in [2.75, 3.05) is 50.5 Å². The van der Waals surface area contributed by atoms with Gasteiger partial charge in [-0.2, -0.15) is 4.98 Å². The van der Waals surface area contributed by atoms with Crippen molar-refractivity contribution in [1.82, 2.24) is 14.9 Å². The van der Waals surface area contributed by atoms with Crippen LogP contribution in [0.15, 0.2) is 6.20 Å². The number of piperidine rings is 1. The Morgan fingerprint density at radius 1 is 1.43 bits per heavy atom. The van der Waals surface area contributed by atoms with Gasteiger partial charge < -0.3 is 20.6 Å². The van der Waals surface area contributed by atoms with Crippen LogP contribution in [0, 0.1) is 5.92 Å². The van der Waals surface area contributed by atoms with Gasteiger partial charge in [0.05, 0.1) is 6.61 Å². The Morgan fingerprint density at radius 3 is 2.76 bits per heavy atom. The van der Waals surface area contributed by atoms with E-state index in [1.54, 1.807) is 0 Å². The van der Waals surface area contributed by atoms with Crippen molar-refractivity contribution in [2.45, 2.75) is 26.2 Å². The normalized spacial score (nSPS) is 17.1. The summed E-state index contributed by atoms with van der Waals surface area (Å²) in [5.41, 5.74) is 6.87. The molecule has 0 bridgehead atoms. The van der Waals surface area contributed by atoms with Crippen molar-refractivity contribution in [2.24, 2.45) is 5.92 Å². The first-order valence-electron chi connectivity index (χ1n) is 7.79. The molecular weight excluding hydrogens is 266 g/mol. The number of aliphatic hydroxyl groups excluding tert-OH is 1. The molecule has 118 valence electrons. The molecule has 0 radical (unpaired) electrons. The number of rotatable bonds is 6. The monoisotopic (exact) mass is 293 g/mol. The summed E-state index contributed by atoms with van der Waals surface area (Å²) < 4.78 is 0. The first-order chi connectivity index (χ1) is 10.1. The van der Waals surface area contributed by atoms with Gasteiger partial charge in [-0.25, -0.2) is 4.98 Å². The minimum Gasteiger partial charge on any atom is -0.395 e. The number of anilines is 2. The number of aromatic nitrogens is 2. The minimum absolute atomic E-state index is 0.255. The van der Waals surface area contributed by atoms with Gasteiger partial charge in [0.1, 0.15) is 5.82 Å². The Labute approximate surface area is 127 Å². The predicted octanol–water partition coefficient (Wildman–Crippen LogP) is 0.762. The molecule has 0 aromatic carbocycles. The molecule has 1 aromatic rings. The molecule has 1 aliphatic rings. The Hall–Kier alpha value is -1.40. The largest absolute Gasteiger partial charge is 0.395 e. The van der Waals surface area contributed by atoms with Crippen molar-refractivity contribution < 1.29 is 5.11 Å². The number of β-amino-alcohol motifs (C(OH)–C–C–N with tert-alkyl or cyclic N) is 1. The maximum Gasteiger partial charge on any atom is 0.221 e. The van der Waals surface area contributed by atoms with Crippen LogP contribution in [0.3, 0.4) is 0 Å². The second-order valence-electron chi connectivity index (χ2n) is 5.82. The summed E-state index contributed by atoms with van der Waals surface area (Å²) >= 11 is 0. The van der Waals surface area contributed by atoms with E-state index in [-0.39, 0.29) is 6.61 Å². The Bertz CT molecular complexity index is 446. The molecule has 0 spiro atoms. The van der Waals surface area contributed by atoms with E-state index in [0.717, 1.165) is 44.0 Å². The van der Waals surface area contributed by atoms with Gasteiger partial charge >= 0.3 is 0 Å². The molecule has 3 N–H and O–H groups in total. The topological polar surface area (TPSA) is 78.5 Å². The molecule has 2 rings (SSSR count). The Kier molecular flexibility index (Phi) is 5.76. The quantitative estimate of drug-likeness (QED) is 0.806. The molecule has 6 nitrogen and oxygen atoms in total. The second kappa shape index (κ2) is 7.56. The summed E-state index contributed by atoms with van der Waals surface area (Å²) in [4.78, 5) is 13.0. The number of nitrogen functional groups attached to an aromatic ring is 1. The van der Waals surface area contributed by atoms with E-state index >= 15 is 0 Å². The zero-order valence-electron chi connectivity index (χ0n) is 13.1. The molecule has 0 amide bonds. The highest BCUT2D eigenvalue weighted by atomic mass is 16.3. The lowest BCUT2D eigenvalue weighted by atomic mass is 9.96. The summed E-state index contributed by atoms with van der Waals surface area (Å²) in [6.45, 7) is 6.31. The second-order valence-corrected chi connectivity index (χ2v) is 5.82.